The molecule has 0 saturated carbocycles. The SMILES string of the molecule is CC(C)c1ccccc1-n1c(=O)[nH]c2c(C(=N)N)nc(-c3cnc4[nH]ccc4c3)nc21. The van der Waals surface area contributed by atoms with Crippen molar-refractivity contribution >= 4 is 28.0 Å². The van der Waals surface area contributed by atoms with Crippen LogP contribution in [0.2, 0.25) is 0 Å². The lowest BCUT2D eigenvalue weighted by atomic mass is 10.0. The Hall–Kier alpha value is -4.27. The number of nitrogens with two attached hydrogens (primary N) is 1. The molecule has 0 spiro atoms. The van der Waals surface area contributed by atoms with E-state index in [-0.39, 0.29) is 23.1 Å². The number of rotatable bonds is 4. The molecule has 0 aliphatic rings. The molecule has 154 valence electrons. The van der Waals surface area contributed by atoms with Crippen molar-refractivity contribution in [1.29, 1.82) is 5.41 Å². The number of hydrogen-bond donors (Lipinski definition) is 4. The van der Waals surface area contributed by atoms with E-state index in [1.807, 2.05) is 36.4 Å². The van der Waals surface area contributed by atoms with Gasteiger partial charge in [0.15, 0.2) is 11.5 Å². The van der Waals surface area contributed by atoms with Crippen molar-refractivity contribution in [2.24, 2.45) is 5.73 Å². The molecule has 1 aromatic carbocycles. The second-order valence-corrected chi connectivity index (χ2v) is 7.63. The van der Waals surface area contributed by atoms with Crippen LogP contribution in [0.1, 0.15) is 31.0 Å². The van der Waals surface area contributed by atoms with E-state index >= 15 is 0 Å². The van der Waals surface area contributed by atoms with Gasteiger partial charge in [-0.2, -0.15) is 0 Å². The first kappa shape index (κ1) is 18.7. The smallest absolute Gasteiger partial charge is 0.332 e. The Morgan fingerprint density at radius 3 is 2.77 bits per heavy atom. The van der Waals surface area contributed by atoms with Gasteiger partial charge in [-0.3, -0.25) is 5.41 Å². The lowest BCUT2D eigenvalue weighted by molar-refractivity contribution is 0.842. The van der Waals surface area contributed by atoms with Crippen molar-refractivity contribution in [3.05, 3.63) is 70.5 Å². The van der Waals surface area contributed by atoms with Gasteiger partial charge in [0, 0.05) is 23.3 Å². The Bertz CT molecular complexity index is 1520. The maximum atomic E-state index is 13.0. The Kier molecular flexibility index (Phi) is 4.18. The van der Waals surface area contributed by atoms with Gasteiger partial charge in [0.1, 0.15) is 22.7 Å². The van der Waals surface area contributed by atoms with Gasteiger partial charge >= 0.3 is 5.69 Å². The highest BCUT2D eigenvalue weighted by molar-refractivity contribution is 6.03. The maximum Gasteiger partial charge on any atom is 0.332 e. The average Bonchev–Trinajstić information content (AvgIpc) is 3.35. The predicted octanol–water partition coefficient (Wildman–Crippen LogP) is 3.06. The molecule has 0 aliphatic heterocycles. The van der Waals surface area contributed by atoms with Crippen molar-refractivity contribution in [3.8, 4) is 17.1 Å². The lowest BCUT2D eigenvalue weighted by Crippen LogP contribution is -2.17. The van der Waals surface area contributed by atoms with Crippen LogP contribution in [0.5, 0.6) is 0 Å². The molecule has 9 nitrogen and oxygen atoms in total. The van der Waals surface area contributed by atoms with Crippen LogP contribution in [0.15, 0.2) is 53.6 Å². The van der Waals surface area contributed by atoms with Gasteiger partial charge in [-0.25, -0.2) is 24.3 Å². The molecule has 0 fully saturated rings. The van der Waals surface area contributed by atoms with E-state index in [2.05, 4.69) is 33.8 Å². The minimum atomic E-state index is -0.365. The fourth-order valence-electron chi connectivity index (χ4n) is 3.77. The molecule has 9 heteroatoms. The summed E-state index contributed by atoms with van der Waals surface area (Å²) < 4.78 is 1.52. The van der Waals surface area contributed by atoms with Crippen molar-refractivity contribution in [2.45, 2.75) is 19.8 Å². The summed E-state index contributed by atoms with van der Waals surface area (Å²) in [4.78, 5) is 32.4. The van der Waals surface area contributed by atoms with Crippen LogP contribution < -0.4 is 11.4 Å². The zero-order valence-electron chi connectivity index (χ0n) is 17.0. The number of fused-ring (bicyclic) bond motifs is 2. The summed E-state index contributed by atoms with van der Waals surface area (Å²) in [6, 6.07) is 11.5. The fraction of sp³-hybridized carbons (Fsp3) is 0.136. The zero-order chi connectivity index (χ0) is 21.7. The summed E-state index contributed by atoms with van der Waals surface area (Å²) in [7, 11) is 0. The summed E-state index contributed by atoms with van der Waals surface area (Å²) >= 11 is 0. The standard InChI is InChI=1S/C22H20N8O/c1-11(2)14-5-3-4-6-15(14)30-21-17(28-22(30)31)16(18(23)24)27-20(29-21)13-9-12-7-8-25-19(12)26-10-13/h3-11H,1-2H3,(H3,23,24)(H,25,26)(H,28,31). The molecule has 5 N–H and O–H groups in total. The molecular weight excluding hydrogens is 392 g/mol. The summed E-state index contributed by atoms with van der Waals surface area (Å²) in [5, 5.41) is 8.92. The molecule has 5 rings (SSSR count). The second kappa shape index (κ2) is 6.91. The zero-order valence-corrected chi connectivity index (χ0v) is 17.0. The van der Waals surface area contributed by atoms with Gasteiger partial charge in [-0.15, -0.1) is 0 Å². The largest absolute Gasteiger partial charge is 0.382 e. The Morgan fingerprint density at radius 1 is 1.19 bits per heavy atom. The van der Waals surface area contributed by atoms with Crippen molar-refractivity contribution in [3.63, 3.8) is 0 Å². The normalized spacial score (nSPS) is 11.6. The summed E-state index contributed by atoms with van der Waals surface area (Å²) in [5.41, 5.74) is 9.47. The van der Waals surface area contributed by atoms with Crippen LogP contribution in [0.25, 0.3) is 39.3 Å². The van der Waals surface area contributed by atoms with Crippen LogP contribution in [0, 0.1) is 5.41 Å². The third-order valence-corrected chi connectivity index (χ3v) is 5.25. The molecule has 0 saturated heterocycles. The molecule has 0 bridgehead atoms. The first-order chi connectivity index (χ1) is 14.9. The first-order valence-corrected chi connectivity index (χ1v) is 9.84. The van der Waals surface area contributed by atoms with E-state index in [1.165, 1.54) is 4.57 Å². The number of aromatic amines is 2. The first-order valence-electron chi connectivity index (χ1n) is 9.84. The molecular formula is C22H20N8O. The average molecular weight is 412 g/mol. The highest BCUT2D eigenvalue weighted by Crippen LogP contribution is 2.27. The Labute approximate surface area is 176 Å². The van der Waals surface area contributed by atoms with E-state index in [0.717, 1.165) is 22.3 Å². The van der Waals surface area contributed by atoms with Crippen molar-refractivity contribution in [1.82, 2.24) is 29.5 Å². The number of para-hydroxylation sites is 1. The highest BCUT2D eigenvalue weighted by Gasteiger charge is 2.21. The number of nitrogen functional groups attached to an aromatic ring is 1. The van der Waals surface area contributed by atoms with Crippen LogP contribution in [-0.4, -0.2) is 35.3 Å². The van der Waals surface area contributed by atoms with Crippen LogP contribution in [-0.2, 0) is 0 Å². The third kappa shape index (κ3) is 2.98. The van der Waals surface area contributed by atoms with Crippen molar-refractivity contribution in [2.75, 3.05) is 0 Å². The predicted molar refractivity (Wildman–Crippen MR) is 120 cm³/mol. The molecule has 0 unspecified atom stereocenters. The molecule has 31 heavy (non-hydrogen) atoms. The molecule has 0 aliphatic carbocycles. The monoisotopic (exact) mass is 412 g/mol. The van der Waals surface area contributed by atoms with Crippen LogP contribution in [0.3, 0.4) is 0 Å². The number of hydrogen-bond acceptors (Lipinski definition) is 5. The van der Waals surface area contributed by atoms with E-state index in [4.69, 9.17) is 16.1 Å². The van der Waals surface area contributed by atoms with Gasteiger partial charge in [-0.05, 0) is 29.7 Å². The van der Waals surface area contributed by atoms with E-state index in [1.54, 1.807) is 12.4 Å². The molecule has 5 aromatic rings. The fourth-order valence-corrected chi connectivity index (χ4v) is 3.77. The number of imidazole rings is 1. The molecule has 4 heterocycles. The Balaban J connectivity index is 1.84. The number of H-pyrrole nitrogens is 2. The van der Waals surface area contributed by atoms with Crippen molar-refractivity contribution < 1.29 is 0 Å². The molecule has 4 aromatic heterocycles. The van der Waals surface area contributed by atoms with E-state index in [0.29, 0.717) is 22.6 Å². The van der Waals surface area contributed by atoms with Gasteiger partial charge < -0.3 is 15.7 Å². The molecule has 0 amide bonds. The number of pyridine rings is 1. The Morgan fingerprint density at radius 2 is 2.00 bits per heavy atom. The van der Waals surface area contributed by atoms with Gasteiger partial charge in [0.25, 0.3) is 0 Å². The molecule has 0 atom stereocenters. The number of nitrogens with zero attached hydrogens (tertiary/aromatic N) is 4. The lowest BCUT2D eigenvalue weighted by Gasteiger charge is -2.13. The summed E-state index contributed by atoms with van der Waals surface area (Å²) in [5.74, 6) is 0.278. The third-order valence-electron chi connectivity index (χ3n) is 5.25. The van der Waals surface area contributed by atoms with E-state index < -0.39 is 0 Å². The van der Waals surface area contributed by atoms with Crippen LogP contribution >= 0.6 is 0 Å². The minimum Gasteiger partial charge on any atom is -0.382 e. The topological polar surface area (TPSA) is 142 Å². The highest BCUT2D eigenvalue weighted by atomic mass is 16.1. The van der Waals surface area contributed by atoms with E-state index in [9.17, 15) is 4.79 Å². The number of benzene rings is 1. The number of nitrogens with one attached hydrogen (secondary N) is 3. The number of aromatic nitrogens is 6. The maximum absolute atomic E-state index is 13.0. The van der Waals surface area contributed by atoms with Gasteiger partial charge in [0.2, 0.25) is 0 Å². The second-order valence-electron chi connectivity index (χ2n) is 7.63. The summed E-state index contributed by atoms with van der Waals surface area (Å²) in [6.45, 7) is 4.13. The summed E-state index contributed by atoms with van der Waals surface area (Å²) in [6.07, 6.45) is 3.46. The minimum absolute atomic E-state index is 0.173. The molecule has 0 radical (unpaired) electrons. The van der Waals surface area contributed by atoms with Gasteiger partial charge in [0.05, 0.1) is 5.69 Å². The van der Waals surface area contributed by atoms with Gasteiger partial charge in [-0.1, -0.05) is 32.0 Å². The van der Waals surface area contributed by atoms with Crippen LogP contribution in [0.4, 0.5) is 0 Å². The quantitative estimate of drug-likeness (QED) is 0.265. The number of amidine groups is 1.